The minimum atomic E-state index is -0.159. The minimum Gasteiger partial charge on any atom is -0.507 e. The van der Waals surface area contributed by atoms with Gasteiger partial charge in [0.25, 0.3) is 0 Å². The van der Waals surface area contributed by atoms with E-state index in [9.17, 15) is 9.90 Å². The number of ether oxygens (including phenoxy) is 1. The fourth-order valence-corrected chi connectivity index (χ4v) is 3.43. The van der Waals surface area contributed by atoms with Crippen LogP contribution in [-0.2, 0) is 6.61 Å². The lowest BCUT2D eigenvalue weighted by atomic mass is 9.96. The summed E-state index contributed by atoms with van der Waals surface area (Å²) in [6, 6.07) is 16.8. The lowest BCUT2D eigenvalue weighted by Gasteiger charge is -2.14. The van der Waals surface area contributed by atoms with Gasteiger partial charge in [-0.3, -0.25) is 4.79 Å². The summed E-state index contributed by atoms with van der Waals surface area (Å²) < 4.78 is 11.2. The van der Waals surface area contributed by atoms with E-state index < -0.39 is 0 Å². The fourth-order valence-electron chi connectivity index (χ4n) is 3.21. The van der Waals surface area contributed by atoms with Crippen LogP contribution in [0, 0.1) is 6.92 Å². The van der Waals surface area contributed by atoms with E-state index in [4.69, 9.17) is 20.8 Å². The first-order valence-electron chi connectivity index (χ1n) is 8.73. The van der Waals surface area contributed by atoms with Crippen molar-refractivity contribution < 1.29 is 19.1 Å². The standard InChI is InChI=1S/C23H17ClO4/c1-14-17(13-28-23-11-21(26)18(12-25)10-20(23)24)3-2-4-19(14)15-5-6-22-16(9-15)7-8-27-22/h2-12,26H,13H2,1H3. The van der Waals surface area contributed by atoms with E-state index >= 15 is 0 Å². The van der Waals surface area contributed by atoms with Crippen LogP contribution in [0.1, 0.15) is 21.5 Å². The zero-order chi connectivity index (χ0) is 19.7. The van der Waals surface area contributed by atoms with Gasteiger partial charge in [0.2, 0.25) is 0 Å². The summed E-state index contributed by atoms with van der Waals surface area (Å²) in [5.74, 6) is 0.169. The van der Waals surface area contributed by atoms with Crippen LogP contribution in [0.4, 0.5) is 0 Å². The molecule has 3 aromatic carbocycles. The fraction of sp³-hybridized carbons (Fsp3) is 0.0870. The third kappa shape index (κ3) is 3.35. The highest BCUT2D eigenvalue weighted by Crippen LogP contribution is 2.33. The summed E-state index contributed by atoms with van der Waals surface area (Å²) in [6.07, 6.45) is 2.23. The van der Waals surface area contributed by atoms with Crippen LogP contribution in [-0.4, -0.2) is 11.4 Å². The summed E-state index contributed by atoms with van der Waals surface area (Å²) in [5.41, 5.74) is 5.28. The molecule has 140 valence electrons. The van der Waals surface area contributed by atoms with E-state index in [0.717, 1.165) is 33.2 Å². The van der Waals surface area contributed by atoms with Crippen molar-refractivity contribution in [2.45, 2.75) is 13.5 Å². The van der Waals surface area contributed by atoms with Gasteiger partial charge in [0.1, 0.15) is 23.7 Å². The molecule has 4 rings (SSSR count). The van der Waals surface area contributed by atoms with Crippen LogP contribution < -0.4 is 4.74 Å². The van der Waals surface area contributed by atoms with Gasteiger partial charge in [-0.05, 0) is 53.4 Å². The Bertz CT molecular complexity index is 1180. The quantitative estimate of drug-likeness (QED) is 0.413. The maximum Gasteiger partial charge on any atom is 0.153 e. The topological polar surface area (TPSA) is 59.7 Å². The number of benzene rings is 3. The summed E-state index contributed by atoms with van der Waals surface area (Å²) in [7, 11) is 0. The van der Waals surface area contributed by atoms with Crippen LogP contribution in [0.25, 0.3) is 22.1 Å². The van der Waals surface area contributed by atoms with Crippen molar-refractivity contribution in [3.63, 3.8) is 0 Å². The molecular formula is C23H17ClO4. The molecule has 0 bridgehead atoms. The molecule has 0 radical (unpaired) electrons. The molecule has 0 aliphatic heterocycles. The van der Waals surface area contributed by atoms with Crippen molar-refractivity contribution in [3.8, 4) is 22.6 Å². The second-order valence-electron chi connectivity index (χ2n) is 6.51. The van der Waals surface area contributed by atoms with Gasteiger partial charge >= 0.3 is 0 Å². The number of hydrogen-bond acceptors (Lipinski definition) is 4. The number of carbonyl (C=O) groups is 1. The van der Waals surface area contributed by atoms with E-state index in [1.54, 1.807) is 6.26 Å². The van der Waals surface area contributed by atoms with Gasteiger partial charge in [0.15, 0.2) is 6.29 Å². The Balaban J connectivity index is 1.62. The summed E-state index contributed by atoms with van der Waals surface area (Å²) in [4.78, 5) is 10.9. The largest absolute Gasteiger partial charge is 0.507 e. The first-order valence-corrected chi connectivity index (χ1v) is 9.11. The molecular weight excluding hydrogens is 376 g/mol. The minimum absolute atomic E-state index is 0.130. The number of hydrogen-bond donors (Lipinski definition) is 1. The van der Waals surface area contributed by atoms with Gasteiger partial charge < -0.3 is 14.3 Å². The zero-order valence-corrected chi connectivity index (χ0v) is 15.9. The second kappa shape index (κ2) is 7.41. The van der Waals surface area contributed by atoms with Crippen molar-refractivity contribution in [1.29, 1.82) is 0 Å². The van der Waals surface area contributed by atoms with Crippen molar-refractivity contribution in [2.24, 2.45) is 0 Å². The Morgan fingerprint density at radius 3 is 2.82 bits per heavy atom. The molecule has 0 saturated heterocycles. The van der Waals surface area contributed by atoms with Crippen molar-refractivity contribution >= 4 is 28.9 Å². The van der Waals surface area contributed by atoms with Gasteiger partial charge in [-0.1, -0.05) is 35.9 Å². The van der Waals surface area contributed by atoms with Crippen LogP contribution in [0.3, 0.4) is 0 Å². The highest BCUT2D eigenvalue weighted by atomic mass is 35.5. The summed E-state index contributed by atoms with van der Waals surface area (Å²) >= 11 is 6.15. The number of phenols is 1. The van der Waals surface area contributed by atoms with Gasteiger partial charge in [0, 0.05) is 11.5 Å². The average molecular weight is 393 g/mol. The summed E-state index contributed by atoms with van der Waals surface area (Å²) in [6.45, 7) is 2.33. The normalized spacial score (nSPS) is 10.9. The Hall–Kier alpha value is -3.24. The number of rotatable bonds is 5. The van der Waals surface area contributed by atoms with Gasteiger partial charge in [-0.25, -0.2) is 0 Å². The molecule has 28 heavy (non-hydrogen) atoms. The van der Waals surface area contributed by atoms with E-state index in [1.807, 2.05) is 37.3 Å². The van der Waals surface area contributed by atoms with E-state index in [1.165, 1.54) is 12.1 Å². The van der Waals surface area contributed by atoms with Gasteiger partial charge in [-0.2, -0.15) is 0 Å². The molecule has 0 saturated carbocycles. The van der Waals surface area contributed by atoms with Crippen LogP contribution in [0.2, 0.25) is 5.02 Å². The highest BCUT2D eigenvalue weighted by Gasteiger charge is 2.11. The Morgan fingerprint density at radius 1 is 1.14 bits per heavy atom. The molecule has 0 amide bonds. The molecule has 5 heteroatoms. The maximum atomic E-state index is 10.9. The molecule has 0 aliphatic carbocycles. The van der Waals surface area contributed by atoms with E-state index in [0.29, 0.717) is 12.0 Å². The van der Waals surface area contributed by atoms with Gasteiger partial charge in [-0.15, -0.1) is 0 Å². The highest BCUT2D eigenvalue weighted by molar-refractivity contribution is 6.32. The first kappa shape index (κ1) is 18.1. The lowest BCUT2D eigenvalue weighted by molar-refractivity contribution is 0.112. The van der Waals surface area contributed by atoms with Crippen LogP contribution in [0.15, 0.2) is 65.3 Å². The molecule has 0 atom stereocenters. The second-order valence-corrected chi connectivity index (χ2v) is 6.92. The Labute approximate surface area is 166 Å². The number of halogens is 1. The number of furan rings is 1. The predicted molar refractivity (Wildman–Crippen MR) is 109 cm³/mol. The van der Waals surface area contributed by atoms with E-state index in [-0.39, 0.29) is 22.9 Å². The third-order valence-electron chi connectivity index (χ3n) is 4.80. The Kier molecular flexibility index (Phi) is 4.80. The molecule has 0 unspecified atom stereocenters. The number of fused-ring (bicyclic) bond motifs is 1. The maximum absolute atomic E-state index is 10.9. The van der Waals surface area contributed by atoms with Crippen molar-refractivity contribution in [3.05, 3.63) is 82.6 Å². The number of aromatic hydroxyl groups is 1. The molecule has 0 spiro atoms. The summed E-state index contributed by atoms with van der Waals surface area (Å²) in [5, 5.41) is 11.2. The lowest BCUT2D eigenvalue weighted by Crippen LogP contribution is -2.00. The number of carbonyl (C=O) groups excluding carboxylic acids is 1. The van der Waals surface area contributed by atoms with Crippen molar-refractivity contribution in [2.75, 3.05) is 0 Å². The van der Waals surface area contributed by atoms with Crippen LogP contribution in [0.5, 0.6) is 11.5 Å². The smallest absolute Gasteiger partial charge is 0.153 e. The van der Waals surface area contributed by atoms with Crippen molar-refractivity contribution in [1.82, 2.24) is 0 Å². The predicted octanol–water partition coefficient (Wildman–Crippen LogP) is 6.16. The molecule has 1 heterocycles. The molecule has 1 aromatic heterocycles. The zero-order valence-electron chi connectivity index (χ0n) is 15.1. The molecule has 4 nitrogen and oxygen atoms in total. The molecule has 4 aromatic rings. The average Bonchev–Trinajstić information content (AvgIpc) is 3.17. The SMILES string of the molecule is Cc1c(COc2cc(O)c(C=O)cc2Cl)cccc1-c1ccc2occc2c1. The molecule has 1 N–H and O–H groups in total. The monoisotopic (exact) mass is 392 g/mol. The molecule has 0 fully saturated rings. The van der Waals surface area contributed by atoms with Crippen LogP contribution >= 0.6 is 11.6 Å². The first-order chi connectivity index (χ1) is 13.6. The number of aldehydes is 1. The third-order valence-corrected chi connectivity index (χ3v) is 5.10. The number of phenolic OH excluding ortho intramolecular Hbond substituents is 1. The Morgan fingerprint density at radius 2 is 2.00 bits per heavy atom. The van der Waals surface area contributed by atoms with E-state index in [2.05, 4.69) is 12.1 Å². The van der Waals surface area contributed by atoms with Gasteiger partial charge in [0.05, 0.1) is 16.8 Å². The molecule has 0 aliphatic rings.